The number of carbonyl (C=O) groups excluding carboxylic acids is 1. The summed E-state index contributed by atoms with van der Waals surface area (Å²) < 4.78 is 51.7. The summed E-state index contributed by atoms with van der Waals surface area (Å²) >= 11 is 6.04. The number of hydrogen-bond donors (Lipinski definition) is 0. The number of nitrogens with zero attached hydrogens (tertiary/aromatic N) is 1. The van der Waals surface area contributed by atoms with Gasteiger partial charge in [-0.15, -0.1) is 11.6 Å². The van der Waals surface area contributed by atoms with Gasteiger partial charge in [-0.25, -0.2) is 4.39 Å². The minimum atomic E-state index is -4.61. The van der Waals surface area contributed by atoms with Gasteiger partial charge in [0, 0.05) is 18.5 Å². The van der Waals surface area contributed by atoms with Crippen molar-refractivity contribution in [3.8, 4) is 0 Å². The van der Waals surface area contributed by atoms with Crippen LogP contribution in [0, 0.1) is 11.7 Å². The molecule has 0 aromatic heterocycles. The first-order chi connectivity index (χ1) is 9.70. The molecular weight excluding hydrogens is 310 g/mol. The Hall–Kier alpha value is -1.30. The van der Waals surface area contributed by atoms with Crippen molar-refractivity contribution in [1.29, 1.82) is 0 Å². The van der Waals surface area contributed by atoms with Gasteiger partial charge in [0.25, 0.3) is 5.91 Å². The topological polar surface area (TPSA) is 20.3 Å². The van der Waals surface area contributed by atoms with Gasteiger partial charge < -0.3 is 4.90 Å². The number of benzene rings is 1. The van der Waals surface area contributed by atoms with Gasteiger partial charge in [-0.2, -0.15) is 13.2 Å². The van der Waals surface area contributed by atoms with E-state index in [1.165, 1.54) is 4.90 Å². The summed E-state index contributed by atoms with van der Waals surface area (Å²) in [6.07, 6.45) is -4.08. The quantitative estimate of drug-likeness (QED) is 0.566. The lowest BCUT2D eigenvalue weighted by atomic mass is 9.98. The maximum atomic E-state index is 13.7. The van der Waals surface area contributed by atoms with E-state index in [1.54, 1.807) is 0 Å². The van der Waals surface area contributed by atoms with Crippen molar-refractivity contribution in [2.45, 2.75) is 24.9 Å². The van der Waals surface area contributed by atoms with Crippen molar-refractivity contribution in [3.63, 3.8) is 0 Å². The molecule has 0 aliphatic carbocycles. The summed E-state index contributed by atoms with van der Waals surface area (Å²) in [5.74, 6) is -1.67. The highest BCUT2D eigenvalue weighted by molar-refractivity contribution is 6.20. The molecule has 21 heavy (non-hydrogen) atoms. The second kappa shape index (κ2) is 5.83. The zero-order valence-electron chi connectivity index (χ0n) is 11.3. The molecule has 1 aliphatic rings. The predicted octanol–water partition coefficient (Wildman–Crippen LogP) is 3.93. The highest BCUT2D eigenvalue weighted by Crippen LogP contribution is 2.31. The van der Waals surface area contributed by atoms with Gasteiger partial charge in [0.05, 0.1) is 11.1 Å². The average molecular weight is 324 g/mol. The molecule has 1 aliphatic heterocycles. The number of likely N-dealkylation sites (tertiary alicyclic amines) is 1. The molecule has 2 rings (SSSR count). The molecule has 2 unspecified atom stereocenters. The molecule has 1 fully saturated rings. The van der Waals surface area contributed by atoms with Crippen LogP contribution < -0.4 is 0 Å². The number of carbonyl (C=O) groups is 1. The molecule has 1 aromatic rings. The molecule has 1 amide bonds. The molecule has 2 atom stereocenters. The van der Waals surface area contributed by atoms with Crippen molar-refractivity contribution in [2.75, 3.05) is 13.1 Å². The molecule has 0 bridgehead atoms. The first-order valence-corrected chi connectivity index (χ1v) is 6.94. The Balaban J connectivity index is 2.27. The minimum Gasteiger partial charge on any atom is -0.338 e. The second-order valence-electron chi connectivity index (χ2n) is 5.23. The summed E-state index contributed by atoms with van der Waals surface area (Å²) in [5.41, 5.74) is -1.59. The van der Waals surface area contributed by atoms with Crippen LogP contribution in [-0.4, -0.2) is 29.3 Å². The lowest BCUT2D eigenvalue weighted by Gasteiger charge is -2.34. The number of rotatable bonds is 1. The third-order valence-electron chi connectivity index (χ3n) is 3.61. The van der Waals surface area contributed by atoms with Crippen LogP contribution in [0.2, 0.25) is 0 Å². The maximum Gasteiger partial charge on any atom is 0.416 e. The fourth-order valence-electron chi connectivity index (χ4n) is 2.34. The Kier molecular flexibility index (Phi) is 4.46. The Labute approximate surface area is 124 Å². The number of hydrogen-bond acceptors (Lipinski definition) is 1. The molecule has 116 valence electrons. The van der Waals surface area contributed by atoms with Crippen LogP contribution in [0.25, 0.3) is 0 Å². The van der Waals surface area contributed by atoms with Crippen molar-refractivity contribution < 1.29 is 22.4 Å². The van der Waals surface area contributed by atoms with Gasteiger partial charge in [0.1, 0.15) is 5.82 Å². The van der Waals surface area contributed by atoms with E-state index in [9.17, 15) is 22.4 Å². The van der Waals surface area contributed by atoms with Gasteiger partial charge in [0.15, 0.2) is 0 Å². The smallest absolute Gasteiger partial charge is 0.338 e. The number of alkyl halides is 4. The number of halogens is 5. The monoisotopic (exact) mass is 323 g/mol. The Morgan fingerprint density at radius 3 is 2.62 bits per heavy atom. The number of piperidine rings is 1. The largest absolute Gasteiger partial charge is 0.416 e. The van der Waals surface area contributed by atoms with E-state index >= 15 is 0 Å². The van der Waals surface area contributed by atoms with Gasteiger partial charge >= 0.3 is 6.18 Å². The van der Waals surface area contributed by atoms with Crippen LogP contribution in [0.15, 0.2) is 18.2 Å². The molecule has 1 saturated heterocycles. The van der Waals surface area contributed by atoms with Crippen molar-refractivity contribution in [3.05, 3.63) is 35.1 Å². The van der Waals surface area contributed by atoms with Crippen LogP contribution in [0.1, 0.15) is 29.3 Å². The second-order valence-corrected chi connectivity index (χ2v) is 5.79. The van der Waals surface area contributed by atoms with Crippen LogP contribution in [0.4, 0.5) is 17.6 Å². The molecule has 0 N–H and O–H groups in total. The molecule has 0 saturated carbocycles. The fraction of sp³-hybridized carbons (Fsp3) is 0.500. The van der Waals surface area contributed by atoms with Gasteiger partial charge in [0.2, 0.25) is 0 Å². The third kappa shape index (κ3) is 3.48. The van der Waals surface area contributed by atoms with E-state index in [2.05, 4.69) is 0 Å². The summed E-state index contributed by atoms with van der Waals surface area (Å²) in [4.78, 5) is 13.6. The Morgan fingerprint density at radius 2 is 2.05 bits per heavy atom. The van der Waals surface area contributed by atoms with Crippen molar-refractivity contribution in [1.82, 2.24) is 4.90 Å². The first kappa shape index (κ1) is 16.1. The Morgan fingerprint density at radius 1 is 1.38 bits per heavy atom. The highest BCUT2D eigenvalue weighted by Gasteiger charge is 2.34. The summed E-state index contributed by atoms with van der Waals surface area (Å²) in [5, 5.41) is -0.0830. The summed E-state index contributed by atoms with van der Waals surface area (Å²) in [6, 6.07) is 1.86. The van der Waals surface area contributed by atoms with Gasteiger partial charge in [-0.3, -0.25) is 4.79 Å². The lowest BCUT2D eigenvalue weighted by molar-refractivity contribution is -0.137. The molecular formula is C14H14ClF4NO. The molecule has 1 heterocycles. The molecule has 1 aromatic carbocycles. The Bertz CT molecular complexity index is 546. The van der Waals surface area contributed by atoms with E-state index in [-0.39, 0.29) is 11.3 Å². The highest BCUT2D eigenvalue weighted by atomic mass is 35.5. The predicted molar refractivity (Wildman–Crippen MR) is 70.7 cm³/mol. The third-order valence-corrected chi connectivity index (χ3v) is 4.26. The molecule has 7 heteroatoms. The molecule has 2 nitrogen and oxygen atoms in total. The molecule has 0 spiro atoms. The van der Waals surface area contributed by atoms with Crippen LogP contribution in [0.3, 0.4) is 0 Å². The first-order valence-electron chi connectivity index (χ1n) is 6.50. The average Bonchev–Trinajstić information content (AvgIpc) is 2.40. The van der Waals surface area contributed by atoms with E-state index < -0.39 is 29.0 Å². The van der Waals surface area contributed by atoms with Crippen LogP contribution >= 0.6 is 11.6 Å². The van der Waals surface area contributed by atoms with Crippen molar-refractivity contribution >= 4 is 17.5 Å². The van der Waals surface area contributed by atoms with Crippen molar-refractivity contribution in [2.24, 2.45) is 5.92 Å². The van der Waals surface area contributed by atoms with Gasteiger partial charge in [-0.05, 0) is 30.5 Å². The van der Waals surface area contributed by atoms with Crippen LogP contribution in [-0.2, 0) is 6.18 Å². The fourth-order valence-corrected chi connectivity index (χ4v) is 2.51. The number of amides is 1. The normalized spacial score (nSPS) is 23.2. The van der Waals surface area contributed by atoms with E-state index in [4.69, 9.17) is 11.6 Å². The van der Waals surface area contributed by atoms with E-state index in [1.807, 2.05) is 6.92 Å². The standard InChI is InChI=1S/C14H14ClF4NO/c1-8-7-20(5-4-11(8)15)13(21)10-6-9(14(17,18)19)2-3-12(10)16/h2-3,6,8,11H,4-5,7H2,1H3. The minimum absolute atomic E-state index is 0.0122. The van der Waals surface area contributed by atoms with Gasteiger partial charge in [-0.1, -0.05) is 6.92 Å². The molecule has 0 radical (unpaired) electrons. The van der Waals surface area contributed by atoms with E-state index in [0.717, 1.165) is 0 Å². The summed E-state index contributed by atoms with van der Waals surface area (Å²) in [6.45, 7) is 2.47. The zero-order chi connectivity index (χ0) is 15.8. The summed E-state index contributed by atoms with van der Waals surface area (Å²) in [7, 11) is 0. The SMILES string of the molecule is CC1CN(C(=O)c2cc(C(F)(F)F)ccc2F)CCC1Cl. The maximum absolute atomic E-state index is 13.7. The van der Waals surface area contributed by atoms with Crippen LogP contribution in [0.5, 0.6) is 0 Å². The van der Waals surface area contributed by atoms with E-state index in [0.29, 0.717) is 37.7 Å². The zero-order valence-corrected chi connectivity index (χ0v) is 12.0. The lowest BCUT2D eigenvalue weighted by Crippen LogP contribution is -2.43.